The standard InChI is InChI=1S/C24H25F3N4O/c1-15-10-18(13-23(2,3)12-15)31-21-9-4-16(14-28)11-20(21)30-22(31)29-17-5-7-19(8-6-17)32-24(25,26)27/h4-9,11,15,18H,10,12-13H2,1-3H3,(H,29,30)/t15-,18-/m1/s1. The molecule has 0 amide bonds. The number of fused-ring (bicyclic) bond motifs is 1. The largest absolute Gasteiger partial charge is 0.573 e. The third-order valence-electron chi connectivity index (χ3n) is 5.89. The molecule has 0 unspecified atom stereocenters. The summed E-state index contributed by atoms with van der Waals surface area (Å²) in [6.07, 6.45) is -1.60. The molecule has 1 aromatic heterocycles. The smallest absolute Gasteiger partial charge is 0.406 e. The number of nitriles is 1. The Bertz CT molecular complexity index is 1160. The number of hydrogen-bond acceptors (Lipinski definition) is 4. The molecule has 1 aliphatic carbocycles. The molecule has 3 aromatic rings. The average Bonchev–Trinajstić information content (AvgIpc) is 3.03. The van der Waals surface area contributed by atoms with Gasteiger partial charge in [0.25, 0.3) is 0 Å². The highest BCUT2D eigenvalue weighted by Crippen LogP contribution is 2.46. The van der Waals surface area contributed by atoms with Gasteiger partial charge in [0.2, 0.25) is 5.95 Å². The average molecular weight is 442 g/mol. The van der Waals surface area contributed by atoms with Crippen LogP contribution in [0.1, 0.15) is 51.6 Å². The molecule has 1 saturated carbocycles. The van der Waals surface area contributed by atoms with Crippen molar-refractivity contribution >= 4 is 22.7 Å². The Balaban J connectivity index is 1.72. The topological polar surface area (TPSA) is 62.9 Å². The molecule has 0 saturated heterocycles. The molecule has 2 atom stereocenters. The molecule has 0 spiro atoms. The van der Waals surface area contributed by atoms with Crippen molar-refractivity contribution in [2.45, 2.75) is 52.4 Å². The molecule has 32 heavy (non-hydrogen) atoms. The van der Waals surface area contributed by atoms with Crippen LogP contribution >= 0.6 is 0 Å². The zero-order chi connectivity index (χ0) is 23.1. The molecule has 0 radical (unpaired) electrons. The van der Waals surface area contributed by atoms with E-state index in [1.54, 1.807) is 12.1 Å². The van der Waals surface area contributed by atoms with E-state index >= 15 is 0 Å². The molecule has 8 heteroatoms. The normalized spacial score (nSPS) is 20.7. The first kappa shape index (κ1) is 22.0. The van der Waals surface area contributed by atoms with E-state index in [0.717, 1.165) is 24.8 Å². The van der Waals surface area contributed by atoms with Crippen LogP contribution in [0.3, 0.4) is 0 Å². The summed E-state index contributed by atoms with van der Waals surface area (Å²) >= 11 is 0. The van der Waals surface area contributed by atoms with E-state index < -0.39 is 6.36 Å². The number of alkyl halides is 3. The lowest BCUT2D eigenvalue weighted by Crippen LogP contribution is -2.29. The minimum absolute atomic E-state index is 0.180. The number of imidazole rings is 1. The Labute approximate surface area is 184 Å². The summed E-state index contributed by atoms with van der Waals surface area (Å²) in [4.78, 5) is 4.74. The molecule has 1 aliphatic rings. The Hall–Kier alpha value is -3.21. The molecule has 0 aliphatic heterocycles. The number of hydrogen-bond donors (Lipinski definition) is 1. The first-order valence-electron chi connectivity index (χ1n) is 10.6. The number of anilines is 2. The lowest BCUT2D eigenvalue weighted by atomic mass is 9.70. The van der Waals surface area contributed by atoms with Crippen LogP contribution in [0.5, 0.6) is 5.75 Å². The zero-order valence-electron chi connectivity index (χ0n) is 18.2. The van der Waals surface area contributed by atoms with Gasteiger partial charge in [0.1, 0.15) is 5.75 Å². The van der Waals surface area contributed by atoms with Crippen molar-refractivity contribution in [3.8, 4) is 11.8 Å². The molecule has 1 heterocycles. The molecular formula is C24H25F3N4O. The zero-order valence-corrected chi connectivity index (χ0v) is 18.2. The Morgan fingerprint density at radius 3 is 2.50 bits per heavy atom. The molecule has 2 aromatic carbocycles. The number of ether oxygens (including phenoxy) is 1. The van der Waals surface area contributed by atoms with E-state index in [1.807, 2.05) is 6.07 Å². The van der Waals surface area contributed by atoms with E-state index in [4.69, 9.17) is 4.98 Å². The van der Waals surface area contributed by atoms with Crippen molar-refractivity contribution in [2.24, 2.45) is 11.3 Å². The Morgan fingerprint density at radius 2 is 1.88 bits per heavy atom. The number of benzene rings is 2. The van der Waals surface area contributed by atoms with E-state index in [2.05, 4.69) is 41.5 Å². The summed E-state index contributed by atoms with van der Waals surface area (Å²) in [7, 11) is 0. The van der Waals surface area contributed by atoms with Gasteiger partial charge < -0.3 is 14.6 Å². The molecule has 1 fully saturated rings. The summed E-state index contributed by atoms with van der Waals surface area (Å²) in [6, 6.07) is 13.4. The Morgan fingerprint density at radius 1 is 1.16 bits per heavy atom. The molecule has 1 N–H and O–H groups in total. The summed E-state index contributed by atoms with van der Waals surface area (Å²) in [5, 5.41) is 12.5. The molecule has 5 nitrogen and oxygen atoms in total. The van der Waals surface area contributed by atoms with Gasteiger partial charge >= 0.3 is 6.36 Å². The number of aromatic nitrogens is 2. The Kier molecular flexibility index (Phi) is 5.53. The van der Waals surface area contributed by atoms with Crippen LogP contribution in [-0.4, -0.2) is 15.9 Å². The van der Waals surface area contributed by atoms with Crippen LogP contribution in [0.4, 0.5) is 24.8 Å². The van der Waals surface area contributed by atoms with Crippen molar-refractivity contribution in [1.29, 1.82) is 5.26 Å². The minimum Gasteiger partial charge on any atom is -0.406 e. The van der Waals surface area contributed by atoms with Crippen LogP contribution in [0.2, 0.25) is 0 Å². The summed E-state index contributed by atoms with van der Waals surface area (Å²) in [6.45, 7) is 6.80. The van der Waals surface area contributed by atoms with Crippen molar-refractivity contribution in [3.05, 3.63) is 48.0 Å². The predicted molar refractivity (Wildman–Crippen MR) is 117 cm³/mol. The van der Waals surface area contributed by atoms with Gasteiger partial charge in [-0.2, -0.15) is 5.26 Å². The fraction of sp³-hybridized carbons (Fsp3) is 0.417. The van der Waals surface area contributed by atoms with Crippen molar-refractivity contribution in [3.63, 3.8) is 0 Å². The highest BCUT2D eigenvalue weighted by molar-refractivity contribution is 5.81. The van der Waals surface area contributed by atoms with Gasteiger partial charge in [-0.15, -0.1) is 13.2 Å². The monoisotopic (exact) mass is 442 g/mol. The first-order valence-corrected chi connectivity index (χ1v) is 10.6. The second kappa shape index (κ2) is 8.05. The maximum atomic E-state index is 12.4. The van der Waals surface area contributed by atoms with Crippen LogP contribution in [0, 0.1) is 22.7 Å². The first-order chi connectivity index (χ1) is 15.0. The summed E-state index contributed by atoms with van der Waals surface area (Å²) in [5.41, 5.74) is 2.94. The lowest BCUT2D eigenvalue weighted by molar-refractivity contribution is -0.274. The third-order valence-corrected chi connectivity index (χ3v) is 5.89. The van der Waals surface area contributed by atoms with Gasteiger partial charge in [0.05, 0.1) is 22.7 Å². The van der Waals surface area contributed by atoms with E-state index in [9.17, 15) is 18.4 Å². The van der Waals surface area contributed by atoms with Gasteiger partial charge in [0.15, 0.2) is 0 Å². The van der Waals surface area contributed by atoms with Gasteiger partial charge in [-0.05, 0) is 73.1 Å². The van der Waals surface area contributed by atoms with Crippen LogP contribution in [0.15, 0.2) is 42.5 Å². The molecule has 4 rings (SSSR count). The lowest BCUT2D eigenvalue weighted by Gasteiger charge is -2.40. The van der Waals surface area contributed by atoms with Crippen molar-refractivity contribution < 1.29 is 17.9 Å². The van der Waals surface area contributed by atoms with Crippen LogP contribution in [-0.2, 0) is 0 Å². The fourth-order valence-electron chi connectivity index (χ4n) is 4.99. The highest BCUT2D eigenvalue weighted by atomic mass is 19.4. The molecular weight excluding hydrogens is 417 g/mol. The highest BCUT2D eigenvalue weighted by Gasteiger charge is 2.35. The van der Waals surface area contributed by atoms with Crippen LogP contribution < -0.4 is 10.1 Å². The maximum absolute atomic E-state index is 12.4. The van der Waals surface area contributed by atoms with Crippen molar-refractivity contribution in [2.75, 3.05) is 5.32 Å². The third kappa shape index (κ3) is 4.82. The second-order valence-corrected chi connectivity index (χ2v) is 9.39. The second-order valence-electron chi connectivity index (χ2n) is 9.39. The van der Waals surface area contributed by atoms with Crippen LogP contribution in [0.25, 0.3) is 11.0 Å². The van der Waals surface area contributed by atoms with E-state index in [0.29, 0.717) is 28.6 Å². The van der Waals surface area contributed by atoms with E-state index in [1.165, 1.54) is 24.3 Å². The van der Waals surface area contributed by atoms with Gasteiger partial charge in [-0.3, -0.25) is 0 Å². The summed E-state index contributed by atoms with van der Waals surface area (Å²) in [5.74, 6) is 0.874. The fourth-order valence-corrected chi connectivity index (χ4v) is 4.99. The maximum Gasteiger partial charge on any atom is 0.573 e. The number of rotatable bonds is 4. The van der Waals surface area contributed by atoms with Gasteiger partial charge in [0, 0.05) is 11.7 Å². The molecule has 0 bridgehead atoms. The SMILES string of the molecule is C[C@@H]1C[C@@H](n2c(Nc3ccc(OC(F)(F)F)cc3)nc3cc(C#N)ccc32)CC(C)(C)C1. The molecule has 168 valence electrons. The minimum atomic E-state index is -4.73. The van der Waals surface area contributed by atoms with Gasteiger partial charge in [-0.25, -0.2) is 4.98 Å². The summed E-state index contributed by atoms with van der Waals surface area (Å²) < 4.78 is 43.5. The number of halogens is 3. The predicted octanol–water partition coefficient (Wildman–Crippen LogP) is 6.94. The van der Waals surface area contributed by atoms with Crippen molar-refractivity contribution in [1.82, 2.24) is 9.55 Å². The number of nitrogens with one attached hydrogen (secondary N) is 1. The number of nitrogens with zero attached hydrogens (tertiary/aromatic N) is 3. The van der Waals surface area contributed by atoms with Gasteiger partial charge in [-0.1, -0.05) is 20.8 Å². The quantitative estimate of drug-likeness (QED) is 0.475. The van der Waals surface area contributed by atoms with E-state index in [-0.39, 0.29) is 17.2 Å².